The summed E-state index contributed by atoms with van der Waals surface area (Å²) in [4.78, 5) is 20.9. The summed E-state index contributed by atoms with van der Waals surface area (Å²) in [5.41, 5.74) is 2.75. The number of hydrogen-bond acceptors (Lipinski definition) is 6. The van der Waals surface area contributed by atoms with Crippen LogP contribution in [-0.2, 0) is 5.75 Å². The average molecular weight is 416 g/mol. The summed E-state index contributed by atoms with van der Waals surface area (Å²) in [6, 6.07) is 9.99. The molecular weight excluding hydrogens is 390 g/mol. The maximum atomic E-state index is 12.0. The monoisotopic (exact) mass is 415 g/mol. The fraction of sp³-hybridized carbons (Fsp3) is 0.381. The van der Waals surface area contributed by atoms with Gasteiger partial charge in [-0.3, -0.25) is 0 Å². The standard InChI is InChI=1S/C21H25N3O2S2/c1-27-21-23-18(22-13-12-15-8-4-2-5-9-15)17(20(25)26)19(24-21)28-14-16-10-6-3-7-11-16/h3,6-8,10-11H,2,4-5,9,12-14H2,1H3,(H,25,26)(H,22,23,24). The minimum Gasteiger partial charge on any atom is -0.477 e. The molecule has 0 fully saturated rings. The first-order chi connectivity index (χ1) is 13.7. The van der Waals surface area contributed by atoms with Crippen LogP contribution in [0.4, 0.5) is 5.82 Å². The molecule has 2 N–H and O–H groups in total. The first kappa shape index (κ1) is 20.7. The molecular formula is C21H25N3O2S2. The van der Waals surface area contributed by atoms with Crippen molar-refractivity contribution >= 4 is 35.3 Å². The number of benzene rings is 1. The quantitative estimate of drug-likeness (QED) is 0.243. The van der Waals surface area contributed by atoms with Crippen molar-refractivity contribution in [1.82, 2.24) is 9.97 Å². The molecule has 1 aromatic carbocycles. The molecule has 0 spiro atoms. The number of anilines is 1. The number of aromatic carboxylic acids is 1. The molecule has 0 unspecified atom stereocenters. The van der Waals surface area contributed by atoms with Crippen molar-refractivity contribution in [2.45, 2.75) is 48.0 Å². The summed E-state index contributed by atoms with van der Waals surface area (Å²) in [6.45, 7) is 0.680. The Bertz CT molecular complexity index is 841. The van der Waals surface area contributed by atoms with E-state index < -0.39 is 5.97 Å². The number of carboxylic acid groups (broad SMARTS) is 1. The molecule has 5 nitrogen and oxygen atoms in total. The molecule has 3 rings (SSSR count). The van der Waals surface area contributed by atoms with Crippen LogP contribution in [0.5, 0.6) is 0 Å². The lowest BCUT2D eigenvalue weighted by molar-refractivity contribution is 0.0692. The van der Waals surface area contributed by atoms with Gasteiger partial charge in [0.2, 0.25) is 0 Å². The van der Waals surface area contributed by atoms with Crippen molar-refractivity contribution in [2.24, 2.45) is 0 Å². The second-order valence-corrected chi connectivity index (χ2v) is 8.34. The Kier molecular flexibility index (Phi) is 7.80. The number of nitrogens with one attached hydrogen (secondary N) is 1. The maximum absolute atomic E-state index is 12.0. The van der Waals surface area contributed by atoms with Crippen LogP contribution in [0.3, 0.4) is 0 Å². The van der Waals surface area contributed by atoms with Gasteiger partial charge in [-0.15, -0.1) is 11.8 Å². The third-order valence-electron chi connectivity index (χ3n) is 4.59. The van der Waals surface area contributed by atoms with Crippen LogP contribution in [0.2, 0.25) is 0 Å². The van der Waals surface area contributed by atoms with Crippen LogP contribution in [0.25, 0.3) is 0 Å². The van der Waals surface area contributed by atoms with Gasteiger partial charge in [0.25, 0.3) is 0 Å². The average Bonchev–Trinajstić information content (AvgIpc) is 2.73. The predicted molar refractivity (Wildman–Crippen MR) is 116 cm³/mol. The summed E-state index contributed by atoms with van der Waals surface area (Å²) in [7, 11) is 0. The molecule has 0 saturated heterocycles. The zero-order chi connectivity index (χ0) is 19.8. The van der Waals surface area contributed by atoms with E-state index in [2.05, 4.69) is 21.4 Å². The van der Waals surface area contributed by atoms with Gasteiger partial charge in [-0.1, -0.05) is 53.7 Å². The highest BCUT2D eigenvalue weighted by Gasteiger charge is 2.21. The Hall–Kier alpha value is -1.99. The molecule has 0 atom stereocenters. The summed E-state index contributed by atoms with van der Waals surface area (Å²) in [5.74, 6) is 0.0829. The van der Waals surface area contributed by atoms with Gasteiger partial charge in [0.1, 0.15) is 16.4 Å². The Morgan fingerprint density at radius 2 is 2.04 bits per heavy atom. The highest BCUT2D eigenvalue weighted by atomic mass is 32.2. The molecule has 1 aliphatic rings. The van der Waals surface area contributed by atoms with E-state index in [4.69, 9.17) is 0 Å². The molecule has 1 aromatic heterocycles. The number of carbonyl (C=O) groups is 1. The van der Waals surface area contributed by atoms with Crippen LogP contribution in [0, 0.1) is 0 Å². The van der Waals surface area contributed by atoms with E-state index in [1.54, 1.807) is 0 Å². The Morgan fingerprint density at radius 1 is 1.21 bits per heavy atom. The minimum absolute atomic E-state index is 0.163. The normalized spacial score (nSPS) is 13.8. The van der Waals surface area contributed by atoms with Crippen molar-refractivity contribution in [3.8, 4) is 0 Å². The topological polar surface area (TPSA) is 75.1 Å². The second-order valence-electron chi connectivity index (χ2n) is 6.60. The molecule has 0 bridgehead atoms. The van der Waals surface area contributed by atoms with E-state index >= 15 is 0 Å². The predicted octanol–water partition coefficient (Wildman–Crippen LogP) is 5.49. The Labute approximate surface area is 174 Å². The van der Waals surface area contributed by atoms with Gasteiger partial charge in [0, 0.05) is 12.3 Å². The van der Waals surface area contributed by atoms with E-state index in [0.717, 1.165) is 24.8 Å². The van der Waals surface area contributed by atoms with Crippen molar-refractivity contribution in [2.75, 3.05) is 18.1 Å². The zero-order valence-corrected chi connectivity index (χ0v) is 17.6. The zero-order valence-electron chi connectivity index (χ0n) is 16.0. The lowest BCUT2D eigenvalue weighted by Crippen LogP contribution is -2.13. The number of hydrogen-bond donors (Lipinski definition) is 2. The molecule has 0 radical (unpaired) electrons. The lowest BCUT2D eigenvalue weighted by atomic mass is 9.97. The Morgan fingerprint density at radius 3 is 2.71 bits per heavy atom. The van der Waals surface area contributed by atoms with Crippen molar-refractivity contribution in [3.63, 3.8) is 0 Å². The summed E-state index contributed by atoms with van der Waals surface area (Å²) in [6.07, 6.45) is 9.95. The van der Waals surface area contributed by atoms with Gasteiger partial charge in [0.05, 0.1) is 0 Å². The van der Waals surface area contributed by atoms with Crippen LogP contribution < -0.4 is 5.32 Å². The first-order valence-corrected chi connectivity index (χ1v) is 11.7. The largest absolute Gasteiger partial charge is 0.477 e. The van der Waals surface area contributed by atoms with Crippen LogP contribution in [-0.4, -0.2) is 33.8 Å². The highest BCUT2D eigenvalue weighted by Crippen LogP contribution is 2.31. The number of aromatic nitrogens is 2. The number of allylic oxidation sites excluding steroid dienone is 1. The summed E-state index contributed by atoms with van der Waals surface area (Å²) >= 11 is 2.86. The molecule has 0 amide bonds. The van der Waals surface area contributed by atoms with Crippen LogP contribution >= 0.6 is 23.5 Å². The van der Waals surface area contributed by atoms with Crippen LogP contribution in [0.15, 0.2) is 52.2 Å². The first-order valence-electron chi connectivity index (χ1n) is 9.45. The van der Waals surface area contributed by atoms with E-state index in [-0.39, 0.29) is 5.56 Å². The third-order valence-corrected chi connectivity index (χ3v) is 6.19. The van der Waals surface area contributed by atoms with Gasteiger partial charge in [0.15, 0.2) is 5.16 Å². The minimum atomic E-state index is -0.998. The molecule has 0 aliphatic heterocycles. The molecule has 0 saturated carbocycles. The maximum Gasteiger partial charge on any atom is 0.342 e. The van der Waals surface area contributed by atoms with Gasteiger partial charge in [-0.05, 0) is 43.9 Å². The Balaban J connectivity index is 1.77. The van der Waals surface area contributed by atoms with E-state index in [0.29, 0.717) is 28.3 Å². The second kappa shape index (κ2) is 10.5. The van der Waals surface area contributed by atoms with Gasteiger partial charge in [-0.2, -0.15) is 0 Å². The molecule has 1 heterocycles. The number of rotatable bonds is 9. The fourth-order valence-electron chi connectivity index (χ4n) is 3.14. The fourth-order valence-corrected chi connectivity index (χ4v) is 4.53. The number of nitrogens with zero attached hydrogens (tertiary/aromatic N) is 2. The van der Waals surface area contributed by atoms with Crippen molar-refractivity contribution in [3.05, 3.63) is 53.1 Å². The summed E-state index contributed by atoms with van der Waals surface area (Å²) in [5, 5.41) is 14.2. The molecule has 1 aliphatic carbocycles. The van der Waals surface area contributed by atoms with Crippen molar-refractivity contribution in [1.29, 1.82) is 0 Å². The third kappa shape index (κ3) is 5.75. The SMILES string of the molecule is CSc1nc(NCCC2=CCCCC2)c(C(=O)O)c(SCc2ccccc2)n1. The lowest BCUT2D eigenvalue weighted by Gasteiger charge is -2.15. The molecule has 148 valence electrons. The van der Waals surface area contributed by atoms with Gasteiger partial charge in [-0.25, -0.2) is 14.8 Å². The summed E-state index contributed by atoms with van der Waals surface area (Å²) < 4.78 is 0. The number of carboxylic acids is 1. The highest BCUT2D eigenvalue weighted by molar-refractivity contribution is 7.99. The molecule has 2 aromatic rings. The molecule has 7 heteroatoms. The van der Waals surface area contributed by atoms with Gasteiger partial charge >= 0.3 is 5.97 Å². The van der Waals surface area contributed by atoms with Crippen LogP contribution in [0.1, 0.15) is 48.0 Å². The van der Waals surface area contributed by atoms with Gasteiger partial charge < -0.3 is 10.4 Å². The van der Waals surface area contributed by atoms with Crippen molar-refractivity contribution < 1.29 is 9.90 Å². The molecule has 28 heavy (non-hydrogen) atoms. The smallest absolute Gasteiger partial charge is 0.342 e. The number of thioether (sulfide) groups is 2. The van der Waals surface area contributed by atoms with E-state index in [1.807, 2.05) is 36.6 Å². The van der Waals surface area contributed by atoms with E-state index in [9.17, 15) is 9.90 Å². The van der Waals surface area contributed by atoms with E-state index in [1.165, 1.54) is 41.9 Å².